The third-order valence-electron chi connectivity index (χ3n) is 3.90. The number of benzene rings is 1. The first-order valence-electron chi connectivity index (χ1n) is 8.61. The van der Waals surface area contributed by atoms with Gasteiger partial charge in [0, 0.05) is 12.1 Å². The number of rotatable bonds is 13. The molecule has 0 aliphatic carbocycles. The highest BCUT2D eigenvalue weighted by Crippen LogP contribution is 2.13. The van der Waals surface area contributed by atoms with Crippen LogP contribution >= 0.6 is 12.2 Å². The number of unbranched alkanes of at least 4 members (excludes halogenated alkanes) is 1. The molecular formula is C18H21N3O7S. The third kappa shape index (κ3) is 9.06. The number of amides is 1. The molecule has 29 heavy (non-hydrogen) atoms. The van der Waals surface area contributed by atoms with Crippen molar-refractivity contribution in [2.45, 2.75) is 25.3 Å². The summed E-state index contributed by atoms with van der Waals surface area (Å²) >= 11 is 4.50. The maximum atomic E-state index is 12.1. The van der Waals surface area contributed by atoms with Crippen molar-refractivity contribution in [2.75, 3.05) is 19.6 Å². The maximum absolute atomic E-state index is 12.1. The van der Waals surface area contributed by atoms with Crippen LogP contribution in [0.5, 0.6) is 0 Å². The Morgan fingerprint density at radius 2 is 1.62 bits per heavy atom. The van der Waals surface area contributed by atoms with Crippen molar-refractivity contribution in [1.29, 1.82) is 0 Å². The average Bonchev–Trinajstić information content (AvgIpc) is 2.63. The van der Waals surface area contributed by atoms with Crippen LogP contribution in [0.1, 0.15) is 29.6 Å². The van der Waals surface area contributed by atoms with Gasteiger partial charge in [-0.1, -0.05) is 0 Å². The Kier molecular flexibility index (Phi) is 10.2. The first kappa shape index (κ1) is 23.9. The summed E-state index contributed by atoms with van der Waals surface area (Å²) in [5.41, 5.74) is 0.995. The number of nitrogens with one attached hydrogen (secondary N) is 1. The van der Waals surface area contributed by atoms with Crippen molar-refractivity contribution in [1.82, 2.24) is 10.2 Å². The molecule has 1 unspecified atom stereocenters. The summed E-state index contributed by atoms with van der Waals surface area (Å²) in [6, 6.07) is 5.15. The molecule has 0 spiro atoms. The number of isothiocyanates is 1. The molecule has 1 amide bonds. The molecule has 1 aromatic rings. The fraction of sp³-hybridized carbons (Fsp3) is 0.389. The number of thiocarbonyl (C=S) groups is 1. The Bertz CT molecular complexity index is 775. The summed E-state index contributed by atoms with van der Waals surface area (Å²) < 4.78 is 0. The quantitative estimate of drug-likeness (QED) is 0.208. The van der Waals surface area contributed by atoms with Crippen LogP contribution in [0.4, 0.5) is 5.69 Å². The van der Waals surface area contributed by atoms with Gasteiger partial charge in [0.25, 0.3) is 5.91 Å². The van der Waals surface area contributed by atoms with E-state index in [9.17, 15) is 24.3 Å². The molecule has 1 aromatic carbocycles. The SMILES string of the molecule is O=C(O)CN(CC(=O)O)C(CCCCNC(=O)c1ccc(N=C=S)cc1)C(=O)O. The first-order chi connectivity index (χ1) is 13.7. The van der Waals surface area contributed by atoms with E-state index in [0.717, 1.165) is 4.90 Å². The van der Waals surface area contributed by atoms with Gasteiger partial charge in [-0.2, -0.15) is 4.99 Å². The number of hydrogen-bond donors (Lipinski definition) is 4. The molecule has 0 fully saturated rings. The van der Waals surface area contributed by atoms with E-state index in [1.165, 1.54) is 0 Å². The zero-order valence-electron chi connectivity index (χ0n) is 15.4. The highest BCUT2D eigenvalue weighted by Gasteiger charge is 2.28. The second-order valence-corrected chi connectivity index (χ2v) is 6.23. The Morgan fingerprint density at radius 1 is 1.03 bits per heavy atom. The van der Waals surface area contributed by atoms with Gasteiger partial charge in [0.15, 0.2) is 0 Å². The van der Waals surface area contributed by atoms with Crippen LogP contribution in [0.15, 0.2) is 29.3 Å². The summed E-state index contributed by atoms with van der Waals surface area (Å²) in [5, 5.41) is 32.0. The molecule has 0 aliphatic rings. The summed E-state index contributed by atoms with van der Waals surface area (Å²) in [5.74, 6) is -4.23. The summed E-state index contributed by atoms with van der Waals surface area (Å²) in [7, 11) is 0. The van der Waals surface area contributed by atoms with Crippen LogP contribution in [0.2, 0.25) is 0 Å². The van der Waals surface area contributed by atoms with E-state index in [2.05, 4.69) is 27.7 Å². The fourth-order valence-corrected chi connectivity index (χ4v) is 2.70. The predicted octanol–water partition coefficient (Wildman–Crippen LogP) is 1.25. The lowest BCUT2D eigenvalue weighted by Crippen LogP contribution is -2.46. The molecule has 0 heterocycles. The van der Waals surface area contributed by atoms with Crippen LogP contribution in [-0.2, 0) is 14.4 Å². The summed E-state index contributed by atoms with van der Waals surface area (Å²) in [6.07, 6.45) is 0.849. The zero-order valence-corrected chi connectivity index (χ0v) is 16.2. The number of hydrogen-bond acceptors (Lipinski definition) is 7. The molecule has 1 atom stereocenters. The lowest BCUT2D eigenvalue weighted by atomic mass is 10.1. The molecule has 10 nitrogen and oxygen atoms in total. The number of aliphatic carboxylic acids is 3. The Balaban J connectivity index is 2.51. The third-order valence-corrected chi connectivity index (χ3v) is 3.99. The molecule has 0 aromatic heterocycles. The van der Waals surface area contributed by atoms with Gasteiger partial charge in [-0.15, -0.1) is 0 Å². The van der Waals surface area contributed by atoms with Gasteiger partial charge in [0.05, 0.1) is 23.9 Å². The Labute approximate surface area is 171 Å². The van der Waals surface area contributed by atoms with Gasteiger partial charge in [-0.3, -0.25) is 24.1 Å². The second kappa shape index (κ2) is 12.3. The molecular weight excluding hydrogens is 402 g/mol. The van der Waals surface area contributed by atoms with E-state index < -0.39 is 37.0 Å². The van der Waals surface area contributed by atoms with Gasteiger partial charge in [-0.25, -0.2) is 0 Å². The molecule has 4 N–H and O–H groups in total. The second-order valence-electron chi connectivity index (χ2n) is 6.05. The fourth-order valence-electron chi connectivity index (χ4n) is 2.59. The zero-order chi connectivity index (χ0) is 21.8. The molecule has 0 saturated heterocycles. The van der Waals surface area contributed by atoms with Crippen LogP contribution in [-0.4, -0.2) is 74.9 Å². The number of aliphatic imine (C=N–C) groups is 1. The monoisotopic (exact) mass is 423 g/mol. The minimum Gasteiger partial charge on any atom is -0.480 e. The Morgan fingerprint density at radius 3 is 2.10 bits per heavy atom. The molecule has 156 valence electrons. The van der Waals surface area contributed by atoms with Gasteiger partial charge in [0.1, 0.15) is 6.04 Å². The van der Waals surface area contributed by atoms with Crippen molar-refractivity contribution in [2.24, 2.45) is 4.99 Å². The minimum absolute atomic E-state index is 0.0516. The van der Waals surface area contributed by atoms with Crippen LogP contribution < -0.4 is 5.32 Å². The van der Waals surface area contributed by atoms with Gasteiger partial charge in [0.2, 0.25) is 0 Å². The smallest absolute Gasteiger partial charge is 0.320 e. The lowest BCUT2D eigenvalue weighted by molar-refractivity contribution is -0.149. The lowest BCUT2D eigenvalue weighted by Gasteiger charge is -2.25. The van der Waals surface area contributed by atoms with Crippen molar-refractivity contribution < 1.29 is 34.5 Å². The van der Waals surface area contributed by atoms with E-state index in [0.29, 0.717) is 24.1 Å². The largest absolute Gasteiger partial charge is 0.480 e. The predicted molar refractivity (Wildman–Crippen MR) is 106 cm³/mol. The van der Waals surface area contributed by atoms with E-state index in [-0.39, 0.29) is 18.9 Å². The average molecular weight is 423 g/mol. The molecule has 11 heteroatoms. The number of nitrogens with zero attached hydrogens (tertiary/aromatic N) is 2. The highest BCUT2D eigenvalue weighted by molar-refractivity contribution is 7.78. The van der Waals surface area contributed by atoms with E-state index in [4.69, 9.17) is 10.2 Å². The van der Waals surface area contributed by atoms with Crippen LogP contribution in [0.3, 0.4) is 0 Å². The number of carbonyl (C=O) groups excluding carboxylic acids is 1. The molecule has 0 saturated carbocycles. The normalized spacial score (nSPS) is 11.3. The van der Waals surface area contributed by atoms with Crippen molar-refractivity contribution in [3.05, 3.63) is 29.8 Å². The van der Waals surface area contributed by atoms with Gasteiger partial charge in [-0.05, 0) is 55.7 Å². The van der Waals surface area contributed by atoms with Crippen LogP contribution in [0, 0.1) is 0 Å². The molecule has 1 rings (SSSR count). The van der Waals surface area contributed by atoms with Gasteiger partial charge >= 0.3 is 17.9 Å². The number of carboxylic acid groups (broad SMARTS) is 3. The highest BCUT2D eigenvalue weighted by atomic mass is 32.1. The van der Waals surface area contributed by atoms with E-state index >= 15 is 0 Å². The topological polar surface area (TPSA) is 157 Å². The molecule has 0 aliphatic heterocycles. The van der Waals surface area contributed by atoms with Crippen molar-refractivity contribution in [3.8, 4) is 0 Å². The van der Waals surface area contributed by atoms with E-state index in [1.54, 1.807) is 24.3 Å². The summed E-state index contributed by atoms with van der Waals surface area (Å²) in [6.45, 7) is -1.10. The molecule has 0 radical (unpaired) electrons. The maximum Gasteiger partial charge on any atom is 0.320 e. The Hall–Kier alpha value is -3.14. The molecule has 0 bridgehead atoms. The number of carbonyl (C=O) groups is 4. The van der Waals surface area contributed by atoms with Crippen molar-refractivity contribution in [3.63, 3.8) is 0 Å². The van der Waals surface area contributed by atoms with E-state index in [1.807, 2.05) is 0 Å². The standard InChI is InChI=1S/C18H21N3O7S/c22-15(23)9-21(10-16(24)25)14(18(27)28)3-1-2-8-19-17(26)12-4-6-13(7-5-12)20-11-29/h4-7,14H,1-3,8-10H2,(H,19,26)(H,22,23)(H,24,25)(H,27,28). The van der Waals surface area contributed by atoms with Crippen molar-refractivity contribution >= 4 is 46.9 Å². The van der Waals surface area contributed by atoms with Gasteiger partial charge < -0.3 is 20.6 Å². The number of carboxylic acids is 3. The van der Waals surface area contributed by atoms with Crippen LogP contribution in [0.25, 0.3) is 0 Å². The first-order valence-corrected chi connectivity index (χ1v) is 9.02. The summed E-state index contributed by atoms with van der Waals surface area (Å²) in [4.78, 5) is 49.9. The minimum atomic E-state index is -1.31.